The van der Waals surface area contributed by atoms with Crippen LogP contribution in [0.15, 0.2) is 60.7 Å². The number of amides is 1. The molecule has 1 aromatic heterocycles. The fourth-order valence-corrected chi connectivity index (χ4v) is 2.40. The Kier molecular flexibility index (Phi) is 5.94. The first-order valence-corrected chi connectivity index (χ1v) is 8.37. The molecule has 0 spiro atoms. The Bertz CT molecular complexity index is 881. The van der Waals surface area contributed by atoms with Gasteiger partial charge >= 0.3 is 0 Å². The molecule has 0 aliphatic heterocycles. The van der Waals surface area contributed by atoms with Crippen LogP contribution in [0.1, 0.15) is 11.1 Å². The average Bonchev–Trinajstić information content (AvgIpc) is 2.69. The minimum absolute atomic E-state index is 0.138. The smallest absolute Gasteiger partial charge is 0.229 e. The van der Waals surface area contributed by atoms with E-state index in [1.165, 1.54) is 12.1 Å². The van der Waals surface area contributed by atoms with Gasteiger partial charge in [-0.15, -0.1) is 10.2 Å². The lowest BCUT2D eigenvalue weighted by Gasteiger charge is -2.07. The predicted molar refractivity (Wildman–Crippen MR) is 101 cm³/mol. The number of benzene rings is 2. The van der Waals surface area contributed by atoms with Crippen molar-refractivity contribution in [2.75, 3.05) is 17.7 Å². The van der Waals surface area contributed by atoms with E-state index in [1.807, 2.05) is 24.3 Å². The second kappa shape index (κ2) is 8.75. The summed E-state index contributed by atoms with van der Waals surface area (Å²) in [4.78, 5) is 12.0. The molecule has 2 aromatic carbocycles. The SMILES string of the molecule is COc1ccc(CNc2ccc(NC(=O)Cc3ccc(F)cc3)nn2)cc1. The average molecular weight is 366 g/mol. The Morgan fingerprint density at radius 2 is 1.56 bits per heavy atom. The molecule has 0 aliphatic carbocycles. The highest BCUT2D eigenvalue weighted by Crippen LogP contribution is 2.13. The van der Waals surface area contributed by atoms with Crippen molar-refractivity contribution < 1.29 is 13.9 Å². The molecule has 6 nitrogen and oxygen atoms in total. The Labute approximate surface area is 156 Å². The number of halogens is 1. The minimum Gasteiger partial charge on any atom is -0.497 e. The zero-order chi connectivity index (χ0) is 19.1. The van der Waals surface area contributed by atoms with Crippen molar-refractivity contribution in [3.63, 3.8) is 0 Å². The maximum Gasteiger partial charge on any atom is 0.229 e. The van der Waals surface area contributed by atoms with E-state index in [0.29, 0.717) is 18.2 Å². The molecule has 138 valence electrons. The van der Waals surface area contributed by atoms with E-state index >= 15 is 0 Å². The van der Waals surface area contributed by atoms with Crippen LogP contribution in [0.4, 0.5) is 16.0 Å². The first-order chi connectivity index (χ1) is 13.1. The fraction of sp³-hybridized carbons (Fsp3) is 0.150. The molecule has 0 saturated heterocycles. The second-order valence-corrected chi connectivity index (χ2v) is 5.86. The first kappa shape index (κ1) is 18.3. The monoisotopic (exact) mass is 366 g/mol. The van der Waals surface area contributed by atoms with Crippen LogP contribution in [0, 0.1) is 5.82 Å². The van der Waals surface area contributed by atoms with Gasteiger partial charge in [0.15, 0.2) is 5.82 Å². The fourth-order valence-electron chi connectivity index (χ4n) is 2.40. The number of hydrogen-bond acceptors (Lipinski definition) is 5. The lowest BCUT2D eigenvalue weighted by molar-refractivity contribution is -0.115. The third-order valence-corrected chi connectivity index (χ3v) is 3.84. The predicted octanol–water partition coefficient (Wildman–Crippen LogP) is 3.42. The molecule has 0 atom stereocenters. The Hall–Kier alpha value is -3.48. The van der Waals surface area contributed by atoms with Gasteiger partial charge in [0.25, 0.3) is 0 Å². The van der Waals surface area contributed by atoms with Crippen LogP contribution in [-0.4, -0.2) is 23.2 Å². The molecule has 2 N–H and O–H groups in total. The van der Waals surface area contributed by atoms with Crippen molar-refractivity contribution >= 4 is 17.5 Å². The summed E-state index contributed by atoms with van der Waals surface area (Å²) in [5.74, 6) is 1.19. The van der Waals surface area contributed by atoms with Crippen LogP contribution in [0.2, 0.25) is 0 Å². The van der Waals surface area contributed by atoms with Crippen LogP contribution in [0.25, 0.3) is 0 Å². The number of methoxy groups -OCH3 is 1. The van der Waals surface area contributed by atoms with E-state index in [1.54, 1.807) is 31.4 Å². The molecule has 0 aliphatic rings. The number of hydrogen-bond donors (Lipinski definition) is 2. The number of anilines is 2. The standard InChI is InChI=1S/C20H19FN4O2/c1-27-17-8-4-15(5-9-17)13-22-18-10-11-19(25-24-18)23-20(26)12-14-2-6-16(21)7-3-14/h2-11H,12-13H2,1H3,(H,22,24)(H,23,25,26). The Morgan fingerprint density at radius 1 is 0.926 bits per heavy atom. The largest absolute Gasteiger partial charge is 0.497 e. The van der Waals surface area contributed by atoms with Crippen molar-refractivity contribution in [2.45, 2.75) is 13.0 Å². The minimum atomic E-state index is -0.331. The number of ether oxygens (including phenoxy) is 1. The molecular weight excluding hydrogens is 347 g/mol. The van der Waals surface area contributed by atoms with Gasteiger partial charge in [0, 0.05) is 6.54 Å². The van der Waals surface area contributed by atoms with Crippen LogP contribution >= 0.6 is 0 Å². The first-order valence-electron chi connectivity index (χ1n) is 8.37. The maximum atomic E-state index is 12.9. The van der Waals surface area contributed by atoms with Crippen LogP contribution in [0.5, 0.6) is 5.75 Å². The summed E-state index contributed by atoms with van der Waals surface area (Å²) < 4.78 is 18.0. The lowest BCUT2D eigenvalue weighted by atomic mass is 10.1. The summed E-state index contributed by atoms with van der Waals surface area (Å²) in [5.41, 5.74) is 1.80. The third kappa shape index (κ3) is 5.50. The van der Waals surface area contributed by atoms with Gasteiger partial charge in [-0.25, -0.2) is 4.39 Å². The van der Waals surface area contributed by atoms with E-state index in [9.17, 15) is 9.18 Å². The highest BCUT2D eigenvalue weighted by Gasteiger charge is 2.06. The van der Waals surface area contributed by atoms with E-state index in [-0.39, 0.29) is 18.1 Å². The molecule has 1 heterocycles. The molecule has 1 amide bonds. The van der Waals surface area contributed by atoms with Gasteiger partial charge in [-0.05, 0) is 47.5 Å². The Morgan fingerprint density at radius 3 is 2.19 bits per heavy atom. The molecule has 0 radical (unpaired) electrons. The van der Waals surface area contributed by atoms with Gasteiger partial charge in [-0.2, -0.15) is 0 Å². The number of rotatable bonds is 7. The maximum absolute atomic E-state index is 12.9. The van der Waals surface area contributed by atoms with E-state index in [4.69, 9.17) is 4.74 Å². The normalized spacial score (nSPS) is 10.3. The molecular formula is C20H19FN4O2. The summed E-state index contributed by atoms with van der Waals surface area (Å²) >= 11 is 0. The summed E-state index contributed by atoms with van der Waals surface area (Å²) in [6.45, 7) is 0.592. The van der Waals surface area contributed by atoms with Crippen molar-refractivity contribution in [3.05, 3.63) is 77.6 Å². The van der Waals surface area contributed by atoms with Gasteiger partial charge in [-0.1, -0.05) is 24.3 Å². The summed E-state index contributed by atoms with van der Waals surface area (Å²) in [6, 6.07) is 16.9. The molecule has 0 bridgehead atoms. The zero-order valence-electron chi connectivity index (χ0n) is 14.8. The molecule has 7 heteroatoms. The van der Waals surface area contributed by atoms with Crippen LogP contribution < -0.4 is 15.4 Å². The van der Waals surface area contributed by atoms with E-state index in [2.05, 4.69) is 20.8 Å². The number of nitrogens with zero attached hydrogens (tertiary/aromatic N) is 2. The highest BCUT2D eigenvalue weighted by molar-refractivity contribution is 5.91. The molecule has 3 rings (SSSR count). The van der Waals surface area contributed by atoms with Crippen molar-refractivity contribution in [1.82, 2.24) is 10.2 Å². The summed E-state index contributed by atoms with van der Waals surface area (Å²) in [7, 11) is 1.63. The highest BCUT2D eigenvalue weighted by atomic mass is 19.1. The van der Waals surface area contributed by atoms with Crippen molar-refractivity contribution in [1.29, 1.82) is 0 Å². The molecule has 0 saturated carbocycles. The van der Waals surface area contributed by atoms with Gasteiger partial charge < -0.3 is 15.4 Å². The summed E-state index contributed by atoms with van der Waals surface area (Å²) in [5, 5.41) is 13.9. The number of nitrogens with one attached hydrogen (secondary N) is 2. The van der Waals surface area contributed by atoms with Gasteiger partial charge in [-0.3, -0.25) is 4.79 Å². The van der Waals surface area contributed by atoms with Crippen molar-refractivity contribution in [3.8, 4) is 5.75 Å². The van der Waals surface area contributed by atoms with E-state index < -0.39 is 0 Å². The quantitative estimate of drug-likeness (QED) is 0.670. The molecule has 0 fully saturated rings. The molecule has 27 heavy (non-hydrogen) atoms. The third-order valence-electron chi connectivity index (χ3n) is 3.84. The van der Waals surface area contributed by atoms with Gasteiger partial charge in [0.2, 0.25) is 5.91 Å². The lowest BCUT2D eigenvalue weighted by Crippen LogP contribution is -2.16. The van der Waals surface area contributed by atoms with E-state index in [0.717, 1.165) is 16.9 Å². The molecule has 3 aromatic rings. The number of carbonyl (C=O) groups excluding carboxylic acids is 1. The van der Waals surface area contributed by atoms with Gasteiger partial charge in [0.1, 0.15) is 17.4 Å². The topological polar surface area (TPSA) is 76.1 Å². The Balaban J connectivity index is 1.50. The number of aromatic nitrogens is 2. The molecule has 0 unspecified atom stereocenters. The van der Waals surface area contributed by atoms with Gasteiger partial charge in [0.05, 0.1) is 13.5 Å². The van der Waals surface area contributed by atoms with Crippen LogP contribution in [-0.2, 0) is 17.8 Å². The second-order valence-electron chi connectivity index (χ2n) is 5.86. The van der Waals surface area contributed by atoms with Crippen LogP contribution in [0.3, 0.4) is 0 Å². The number of carbonyl (C=O) groups is 1. The zero-order valence-corrected chi connectivity index (χ0v) is 14.8. The van der Waals surface area contributed by atoms with Crippen molar-refractivity contribution in [2.24, 2.45) is 0 Å². The summed E-state index contributed by atoms with van der Waals surface area (Å²) in [6.07, 6.45) is 0.138.